The highest BCUT2D eigenvalue weighted by Gasteiger charge is 2.29. The maximum atomic E-state index is 13.6. The number of amides is 1. The number of benzene rings is 1. The molecule has 5 heteroatoms. The molecule has 0 spiro atoms. The third-order valence-corrected chi connectivity index (χ3v) is 4.52. The van der Waals surface area contributed by atoms with Gasteiger partial charge < -0.3 is 15.0 Å². The fraction of sp³-hybridized carbons (Fsp3) is 0.588. The largest absolute Gasteiger partial charge is 0.493 e. The van der Waals surface area contributed by atoms with E-state index in [1.807, 2.05) is 11.8 Å². The second-order valence-electron chi connectivity index (χ2n) is 6.07. The van der Waals surface area contributed by atoms with Gasteiger partial charge in [-0.15, -0.1) is 0 Å². The van der Waals surface area contributed by atoms with Crippen molar-refractivity contribution in [3.63, 3.8) is 0 Å². The van der Waals surface area contributed by atoms with E-state index in [2.05, 4.69) is 5.32 Å². The van der Waals surface area contributed by atoms with E-state index in [1.165, 1.54) is 6.07 Å². The van der Waals surface area contributed by atoms with E-state index >= 15 is 0 Å². The van der Waals surface area contributed by atoms with Crippen LogP contribution >= 0.6 is 0 Å². The monoisotopic (exact) mass is 306 g/mol. The zero-order chi connectivity index (χ0) is 15.5. The van der Waals surface area contributed by atoms with Gasteiger partial charge in [0.15, 0.2) is 0 Å². The Balaban J connectivity index is 1.71. The molecular formula is C17H23FN2O2. The molecule has 2 aliphatic heterocycles. The summed E-state index contributed by atoms with van der Waals surface area (Å²) in [6.07, 6.45) is 3.37. The summed E-state index contributed by atoms with van der Waals surface area (Å²) in [6.45, 7) is 4.12. The van der Waals surface area contributed by atoms with E-state index in [0.717, 1.165) is 43.7 Å². The van der Waals surface area contributed by atoms with Crippen LogP contribution in [0.25, 0.3) is 0 Å². The van der Waals surface area contributed by atoms with Gasteiger partial charge in [0.2, 0.25) is 5.91 Å². The van der Waals surface area contributed by atoms with Crippen LogP contribution in [0.1, 0.15) is 44.2 Å². The molecule has 1 aromatic rings. The van der Waals surface area contributed by atoms with Crippen LogP contribution < -0.4 is 10.1 Å². The van der Waals surface area contributed by atoms with E-state index in [-0.39, 0.29) is 23.8 Å². The molecule has 1 aromatic carbocycles. The van der Waals surface area contributed by atoms with Gasteiger partial charge in [0.25, 0.3) is 0 Å². The Labute approximate surface area is 130 Å². The van der Waals surface area contributed by atoms with Crippen molar-refractivity contribution in [3.05, 3.63) is 29.6 Å². The van der Waals surface area contributed by atoms with Crippen LogP contribution in [0.4, 0.5) is 4.39 Å². The highest BCUT2D eigenvalue weighted by molar-refractivity contribution is 5.76. The zero-order valence-electron chi connectivity index (χ0n) is 13.0. The first-order chi connectivity index (χ1) is 10.7. The van der Waals surface area contributed by atoms with E-state index in [9.17, 15) is 9.18 Å². The number of fused-ring (bicyclic) bond motifs is 1. The van der Waals surface area contributed by atoms with Crippen molar-refractivity contribution >= 4 is 5.91 Å². The summed E-state index contributed by atoms with van der Waals surface area (Å²) in [5.41, 5.74) is 0.901. The molecule has 0 unspecified atom stereocenters. The Morgan fingerprint density at radius 2 is 2.32 bits per heavy atom. The SMILES string of the molecule is CCC(=O)N1CC[C@@H](N[C@@H]2CCCOc3ccc(F)cc32)C1. The molecule has 2 heterocycles. The predicted octanol–water partition coefficient (Wildman–Crippen LogP) is 2.64. The number of hydrogen-bond donors (Lipinski definition) is 1. The predicted molar refractivity (Wildman–Crippen MR) is 82.3 cm³/mol. The Kier molecular flexibility index (Phi) is 4.62. The lowest BCUT2D eigenvalue weighted by molar-refractivity contribution is -0.129. The van der Waals surface area contributed by atoms with Crippen molar-refractivity contribution in [2.24, 2.45) is 0 Å². The van der Waals surface area contributed by atoms with Crippen molar-refractivity contribution in [1.82, 2.24) is 10.2 Å². The molecule has 120 valence electrons. The minimum atomic E-state index is -0.231. The van der Waals surface area contributed by atoms with Crippen LogP contribution in [-0.4, -0.2) is 36.5 Å². The van der Waals surface area contributed by atoms with Crippen molar-refractivity contribution < 1.29 is 13.9 Å². The quantitative estimate of drug-likeness (QED) is 0.933. The third kappa shape index (κ3) is 3.24. The number of ether oxygens (including phenoxy) is 1. The lowest BCUT2D eigenvalue weighted by Crippen LogP contribution is -2.37. The molecule has 0 saturated carbocycles. The zero-order valence-corrected chi connectivity index (χ0v) is 13.0. The fourth-order valence-electron chi connectivity index (χ4n) is 3.35. The van der Waals surface area contributed by atoms with Crippen LogP contribution in [0.15, 0.2) is 18.2 Å². The van der Waals surface area contributed by atoms with Crippen LogP contribution in [0.3, 0.4) is 0 Å². The number of nitrogens with one attached hydrogen (secondary N) is 1. The van der Waals surface area contributed by atoms with Gasteiger partial charge in [0.1, 0.15) is 11.6 Å². The highest BCUT2D eigenvalue weighted by Crippen LogP contribution is 2.33. The molecule has 2 aliphatic rings. The molecule has 4 nitrogen and oxygen atoms in total. The molecule has 0 radical (unpaired) electrons. The summed E-state index contributed by atoms with van der Waals surface area (Å²) in [4.78, 5) is 13.7. The molecule has 3 rings (SSSR count). The normalized spacial score (nSPS) is 24.5. The van der Waals surface area contributed by atoms with Gasteiger partial charge in [-0.2, -0.15) is 0 Å². The van der Waals surface area contributed by atoms with Gasteiger partial charge in [-0.05, 0) is 37.5 Å². The molecule has 1 N–H and O–H groups in total. The summed E-state index contributed by atoms with van der Waals surface area (Å²) >= 11 is 0. The van der Waals surface area contributed by atoms with Gasteiger partial charge >= 0.3 is 0 Å². The summed E-state index contributed by atoms with van der Waals surface area (Å²) in [5.74, 6) is 0.751. The topological polar surface area (TPSA) is 41.6 Å². The minimum absolute atomic E-state index is 0.0925. The third-order valence-electron chi connectivity index (χ3n) is 4.52. The van der Waals surface area contributed by atoms with Crippen molar-refractivity contribution in [1.29, 1.82) is 0 Å². The van der Waals surface area contributed by atoms with Gasteiger partial charge in [-0.3, -0.25) is 4.79 Å². The molecule has 22 heavy (non-hydrogen) atoms. The number of carbonyl (C=O) groups excluding carboxylic acids is 1. The molecular weight excluding hydrogens is 283 g/mol. The molecule has 0 aliphatic carbocycles. The fourth-order valence-corrected chi connectivity index (χ4v) is 3.35. The molecule has 2 atom stereocenters. The van der Waals surface area contributed by atoms with Gasteiger partial charge in [-0.1, -0.05) is 6.92 Å². The Bertz CT molecular complexity index is 549. The van der Waals surface area contributed by atoms with Crippen molar-refractivity contribution in [2.45, 2.75) is 44.7 Å². The lowest BCUT2D eigenvalue weighted by atomic mass is 10.0. The number of rotatable bonds is 3. The van der Waals surface area contributed by atoms with Crippen LogP contribution in [0.5, 0.6) is 5.75 Å². The van der Waals surface area contributed by atoms with E-state index in [1.54, 1.807) is 12.1 Å². The van der Waals surface area contributed by atoms with Gasteiger partial charge in [0.05, 0.1) is 6.61 Å². The highest BCUT2D eigenvalue weighted by atomic mass is 19.1. The van der Waals surface area contributed by atoms with E-state index in [4.69, 9.17) is 4.74 Å². The first kappa shape index (κ1) is 15.3. The summed E-state index contributed by atoms with van der Waals surface area (Å²) in [5, 5.41) is 3.61. The van der Waals surface area contributed by atoms with Crippen LogP contribution in [-0.2, 0) is 4.79 Å². The van der Waals surface area contributed by atoms with Gasteiger partial charge in [0, 0.05) is 37.2 Å². The minimum Gasteiger partial charge on any atom is -0.493 e. The van der Waals surface area contributed by atoms with Crippen LogP contribution in [0, 0.1) is 5.82 Å². The molecule has 1 fully saturated rings. The van der Waals surface area contributed by atoms with Crippen LogP contribution in [0.2, 0.25) is 0 Å². The maximum absolute atomic E-state index is 13.6. The Morgan fingerprint density at radius 1 is 1.45 bits per heavy atom. The number of likely N-dealkylation sites (tertiary alicyclic amines) is 1. The van der Waals surface area contributed by atoms with Gasteiger partial charge in [-0.25, -0.2) is 4.39 Å². The molecule has 0 bridgehead atoms. The standard InChI is InChI=1S/C17H23FN2O2/c1-2-17(21)20-8-7-13(11-20)19-15-4-3-9-22-16-6-5-12(18)10-14(15)16/h5-6,10,13,15,19H,2-4,7-9,11H2,1H3/t13-,15-/m1/s1. The second kappa shape index (κ2) is 6.65. The Morgan fingerprint density at radius 3 is 3.14 bits per heavy atom. The first-order valence-corrected chi connectivity index (χ1v) is 8.13. The number of hydrogen-bond acceptors (Lipinski definition) is 3. The van der Waals surface area contributed by atoms with Crippen molar-refractivity contribution in [3.8, 4) is 5.75 Å². The Hall–Kier alpha value is -1.62. The average Bonchev–Trinajstić information content (AvgIpc) is 2.90. The molecule has 1 saturated heterocycles. The smallest absolute Gasteiger partial charge is 0.222 e. The summed E-state index contributed by atoms with van der Waals surface area (Å²) in [6, 6.07) is 5.09. The molecule has 0 aromatic heterocycles. The van der Waals surface area contributed by atoms with E-state index in [0.29, 0.717) is 13.0 Å². The summed E-state index contributed by atoms with van der Waals surface area (Å²) < 4.78 is 19.3. The summed E-state index contributed by atoms with van der Waals surface area (Å²) in [7, 11) is 0. The maximum Gasteiger partial charge on any atom is 0.222 e. The number of nitrogens with zero attached hydrogens (tertiary/aromatic N) is 1. The molecule has 1 amide bonds. The number of halogens is 1. The van der Waals surface area contributed by atoms with E-state index < -0.39 is 0 Å². The second-order valence-corrected chi connectivity index (χ2v) is 6.07. The van der Waals surface area contributed by atoms with Crippen molar-refractivity contribution in [2.75, 3.05) is 19.7 Å². The average molecular weight is 306 g/mol. The lowest BCUT2D eigenvalue weighted by Gasteiger charge is -2.23. The first-order valence-electron chi connectivity index (χ1n) is 8.13. The number of carbonyl (C=O) groups is 1.